The van der Waals surface area contributed by atoms with E-state index in [1.807, 2.05) is 5.43 Å². The maximum Gasteiger partial charge on any atom is 0.256 e. The average Bonchev–Trinajstić information content (AvgIpc) is 2.02. The van der Waals surface area contributed by atoms with Gasteiger partial charge >= 0.3 is 0 Å². The molecule has 0 fully saturated rings. The number of rotatable bonds is 3. The van der Waals surface area contributed by atoms with E-state index in [2.05, 4.69) is 5.32 Å². The number of nitrogens with two attached hydrogens (primary N) is 2. The van der Waals surface area contributed by atoms with Crippen molar-refractivity contribution in [2.45, 2.75) is 25.9 Å². The first-order valence-electron chi connectivity index (χ1n) is 3.55. The van der Waals surface area contributed by atoms with Gasteiger partial charge in [0.25, 0.3) is 5.91 Å². The summed E-state index contributed by atoms with van der Waals surface area (Å²) in [5.74, 6) is 4.00. The molecule has 0 aromatic heterocycles. The summed E-state index contributed by atoms with van der Waals surface area (Å²) in [5.41, 5.74) is 7.17. The van der Waals surface area contributed by atoms with E-state index < -0.39 is 18.0 Å². The molecule has 12 heavy (non-hydrogen) atoms. The molecule has 0 saturated carbocycles. The molecule has 0 aromatic carbocycles. The standard InChI is InChI=1S/C6H14N4O2/c1-3(7)5(11)9-4(2)6(12)10-8/h3-4H,7-8H2,1-2H3,(H,9,11)(H,10,12)/t3-,4+/m0/s1. The Morgan fingerprint density at radius 2 is 1.75 bits per heavy atom. The van der Waals surface area contributed by atoms with Crippen molar-refractivity contribution in [2.24, 2.45) is 11.6 Å². The predicted octanol–water partition coefficient (Wildman–Crippen LogP) is -2.17. The highest BCUT2D eigenvalue weighted by Gasteiger charge is 2.15. The molecule has 0 rings (SSSR count). The van der Waals surface area contributed by atoms with E-state index in [1.165, 1.54) is 13.8 Å². The maximum atomic E-state index is 10.9. The Hall–Kier alpha value is -1.14. The normalized spacial score (nSPS) is 14.7. The molecule has 0 bridgehead atoms. The maximum absolute atomic E-state index is 10.9. The van der Waals surface area contributed by atoms with Crippen LogP contribution in [0.5, 0.6) is 0 Å². The summed E-state index contributed by atoms with van der Waals surface area (Å²) >= 11 is 0. The third-order valence-corrected chi connectivity index (χ3v) is 1.31. The average molecular weight is 174 g/mol. The molecule has 0 saturated heterocycles. The van der Waals surface area contributed by atoms with Gasteiger partial charge in [-0.1, -0.05) is 0 Å². The summed E-state index contributed by atoms with van der Waals surface area (Å²) in [4.78, 5) is 21.7. The summed E-state index contributed by atoms with van der Waals surface area (Å²) < 4.78 is 0. The minimum atomic E-state index is -0.659. The van der Waals surface area contributed by atoms with Crippen LogP contribution in [-0.2, 0) is 9.59 Å². The van der Waals surface area contributed by atoms with Crippen LogP contribution in [0.15, 0.2) is 0 Å². The van der Waals surface area contributed by atoms with Gasteiger partial charge in [0.1, 0.15) is 6.04 Å². The minimum Gasteiger partial charge on any atom is -0.343 e. The Balaban J connectivity index is 3.92. The van der Waals surface area contributed by atoms with Gasteiger partial charge in [-0.3, -0.25) is 15.0 Å². The molecule has 0 aliphatic heterocycles. The van der Waals surface area contributed by atoms with Gasteiger partial charge in [0.2, 0.25) is 5.91 Å². The van der Waals surface area contributed by atoms with Gasteiger partial charge in [-0.2, -0.15) is 0 Å². The zero-order chi connectivity index (χ0) is 9.72. The zero-order valence-corrected chi connectivity index (χ0v) is 7.13. The van der Waals surface area contributed by atoms with Crippen molar-refractivity contribution < 1.29 is 9.59 Å². The number of hydrogen-bond donors (Lipinski definition) is 4. The molecule has 6 nitrogen and oxygen atoms in total. The summed E-state index contributed by atoms with van der Waals surface area (Å²) in [6.07, 6.45) is 0. The summed E-state index contributed by atoms with van der Waals surface area (Å²) in [5, 5.41) is 2.37. The molecule has 2 atom stereocenters. The number of carbonyl (C=O) groups is 2. The smallest absolute Gasteiger partial charge is 0.256 e. The van der Waals surface area contributed by atoms with Gasteiger partial charge in [-0.25, -0.2) is 5.84 Å². The molecule has 6 N–H and O–H groups in total. The SMILES string of the molecule is C[C@H](N)C(=O)N[C@H](C)C(=O)NN. The molecule has 0 aliphatic rings. The molecule has 0 spiro atoms. The fraction of sp³-hybridized carbons (Fsp3) is 0.667. The lowest BCUT2D eigenvalue weighted by Gasteiger charge is -2.13. The van der Waals surface area contributed by atoms with Gasteiger partial charge in [0.15, 0.2) is 0 Å². The van der Waals surface area contributed by atoms with Crippen LogP contribution in [0, 0.1) is 0 Å². The van der Waals surface area contributed by atoms with Crippen molar-refractivity contribution in [3.63, 3.8) is 0 Å². The first kappa shape index (κ1) is 10.9. The summed E-state index contributed by atoms with van der Waals surface area (Å²) in [6, 6.07) is -1.29. The fourth-order valence-electron chi connectivity index (χ4n) is 0.535. The van der Waals surface area contributed by atoms with Gasteiger partial charge in [0.05, 0.1) is 6.04 Å². The van der Waals surface area contributed by atoms with E-state index in [0.717, 1.165) is 0 Å². The Morgan fingerprint density at radius 1 is 1.25 bits per heavy atom. The van der Waals surface area contributed by atoms with E-state index in [9.17, 15) is 9.59 Å². The van der Waals surface area contributed by atoms with E-state index in [1.54, 1.807) is 0 Å². The van der Waals surface area contributed by atoms with Gasteiger partial charge in [-0.15, -0.1) is 0 Å². The quantitative estimate of drug-likeness (QED) is 0.221. The number of nitrogens with one attached hydrogen (secondary N) is 2. The van der Waals surface area contributed by atoms with E-state index >= 15 is 0 Å². The fourth-order valence-corrected chi connectivity index (χ4v) is 0.535. The van der Waals surface area contributed by atoms with Gasteiger partial charge < -0.3 is 11.1 Å². The molecule has 0 unspecified atom stereocenters. The van der Waals surface area contributed by atoms with Crippen molar-refractivity contribution in [3.8, 4) is 0 Å². The molecule has 2 amide bonds. The number of carbonyl (C=O) groups excluding carboxylic acids is 2. The Bertz CT molecular complexity index is 180. The second-order valence-corrected chi connectivity index (χ2v) is 2.53. The van der Waals surface area contributed by atoms with Crippen LogP contribution in [0.3, 0.4) is 0 Å². The lowest BCUT2D eigenvalue weighted by Crippen LogP contribution is -2.50. The highest BCUT2D eigenvalue weighted by molar-refractivity contribution is 5.88. The van der Waals surface area contributed by atoms with Crippen LogP contribution in [-0.4, -0.2) is 23.9 Å². The molecule has 6 heteroatoms. The van der Waals surface area contributed by atoms with Crippen molar-refractivity contribution in [1.82, 2.24) is 10.7 Å². The first-order chi connectivity index (χ1) is 5.49. The highest BCUT2D eigenvalue weighted by atomic mass is 16.2. The first-order valence-corrected chi connectivity index (χ1v) is 3.55. The largest absolute Gasteiger partial charge is 0.343 e. The third-order valence-electron chi connectivity index (χ3n) is 1.31. The molecule has 0 aliphatic carbocycles. The van der Waals surface area contributed by atoms with E-state index in [4.69, 9.17) is 11.6 Å². The lowest BCUT2D eigenvalue weighted by molar-refractivity contribution is -0.129. The van der Waals surface area contributed by atoms with Crippen LogP contribution in [0.1, 0.15) is 13.8 Å². The third kappa shape index (κ3) is 3.31. The molecule has 0 aromatic rings. The van der Waals surface area contributed by atoms with Gasteiger partial charge in [0, 0.05) is 0 Å². The topological polar surface area (TPSA) is 110 Å². The van der Waals surface area contributed by atoms with Crippen LogP contribution in [0.2, 0.25) is 0 Å². The van der Waals surface area contributed by atoms with Crippen LogP contribution in [0.25, 0.3) is 0 Å². The number of hydrogen-bond acceptors (Lipinski definition) is 4. The van der Waals surface area contributed by atoms with Crippen LogP contribution < -0.4 is 22.3 Å². The van der Waals surface area contributed by atoms with Crippen molar-refractivity contribution in [3.05, 3.63) is 0 Å². The highest BCUT2D eigenvalue weighted by Crippen LogP contribution is 1.82. The minimum absolute atomic E-state index is 0.383. The number of amides is 2. The Labute approximate surface area is 70.6 Å². The van der Waals surface area contributed by atoms with Crippen molar-refractivity contribution >= 4 is 11.8 Å². The molecular weight excluding hydrogens is 160 g/mol. The number of hydrazine groups is 1. The zero-order valence-electron chi connectivity index (χ0n) is 7.13. The Morgan fingerprint density at radius 3 is 2.08 bits per heavy atom. The molecule has 0 heterocycles. The van der Waals surface area contributed by atoms with Gasteiger partial charge in [-0.05, 0) is 13.8 Å². The monoisotopic (exact) mass is 174 g/mol. The van der Waals surface area contributed by atoms with Crippen molar-refractivity contribution in [2.75, 3.05) is 0 Å². The van der Waals surface area contributed by atoms with E-state index in [-0.39, 0.29) is 5.91 Å². The van der Waals surface area contributed by atoms with E-state index in [0.29, 0.717) is 0 Å². The van der Waals surface area contributed by atoms with Crippen LogP contribution >= 0.6 is 0 Å². The second-order valence-electron chi connectivity index (χ2n) is 2.53. The Kier molecular flexibility index (Phi) is 4.24. The predicted molar refractivity (Wildman–Crippen MR) is 43.6 cm³/mol. The second kappa shape index (κ2) is 4.68. The molecule has 70 valence electrons. The summed E-state index contributed by atoms with van der Waals surface area (Å²) in [7, 11) is 0. The summed E-state index contributed by atoms with van der Waals surface area (Å²) in [6.45, 7) is 3.05. The molecular formula is C6H14N4O2. The van der Waals surface area contributed by atoms with Crippen molar-refractivity contribution in [1.29, 1.82) is 0 Å². The van der Waals surface area contributed by atoms with Crippen LogP contribution in [0.4, 0.5) is 0 Å². The lowest BCUT2D eigenvalue weighted by atomic mass is 10.2. The molecule has 0 radical (unpaired) electrons.